The molecule has 3 nitrogen and oxygen atoms in total. The number of anilines is 1. The highest BCUT2D eigenvalue weighted by atomic mass is 79.9. The molecule has 0 amide bonds. The summed E-state index contributed by atoms with van der Waals surface area (Å²) in [6.07, 6.45) is 7.00. The summed E-state index contributed by atoms with van der Waals surface area (Å²) < 4.78 is 0. The van der Waals surface area contributed by atoms with Gasteiger partial charge in [0, 0.05) is 22.8 Å². The third-order valence-corrected chi connectivity index (χ3v) is 5.78. The summed E-state index contributed by atoms with van der Waals surface area (Å²) in [7, 11) is 0. The van der Waals surface area contributed by atoms with Gasteiger partial charge in [0.15, 0.2) is 0 Å². The number of aryl methyl sites for hydroxylation is 2. The van der Waals surface area contributed by atoms with Crippen LogP contribution in [-0.2, 0) is 0 Å². The van der Waals surface area contributed by atoms with Crippen LogP contribution in [0.1, 0.15) is 36.1 Å². The number of aromatic nitrogens is 2. The van der Waals surface area contributed by atoms with Crippen LogP contribution >= 0.6 is 27.3 Å². The summed E-state index contributed by atoms with van der Waals surface area (Å²) in [4.78, 5) is 14.1. The number of thiophene rings is 1. The monoisotopic (exact) mass is 353 g/mol. The summed E-state index contributed by atoms with van der Waals surface area (Å²) in [5.74, 6) is 1.14. The minimum Gasteiger partial charge on any atom is -0.352 e. The summed E-state index contributed by atoms with van der Waals surface area (Å²) in [5.41, 5.74) is 1.35. The molecule has 0 saturated heterocycles. The van der Waals surface area contributed by atoms with Gasteiger partial charge in [-0.25, -0.2) is 9.97 Å². The Morgan fingerprint density at radius 2 is 2.05 bits per heavy atom. The SMILES string of the molecule is Cc1sc2ncnc(N(CCBr)C3CCCC3)c2c1C. The van der Waals surface area contributed by atoms with Crippen LogP contribution in [0.4, 0.5) is 5.82 Å². The van der Waals surface area contributed by atoms with Crippen LogP contribution in [-0.4, -0.2) is 27.9 Å². The van der Waals surface area contributed by atoms with E-state index in [0.717, 1.165) is 22.5 Å². The van der Waals surface area contributed by atoms with Gasteiger partial charge in [-0.15, -0.1) is 11.3 Å². The summed E-state index contributed by atoms with van der Waals surface area (Å²) in [6, 6.07) is 0.644. The largest absolute Gasteiger partial charge is 0.352 e. The van der Waals surface area contributed by atoms with E-state index in [1.165, 1.54) is 41.5 Å². The Morgan fingerprint density at radius 3 is 2.75 bits per heavy atom. The smallest absolute Gasteiger partial charge is 0.141 e. The van der Waals surface area contributed by atoms with Gasteiger partial charge in [0.25, 0.3) is 0 Å². The fourth-order valence-corrected chi connectivity index (χ4v) is 4.52. The highest BCUT2D eigenvalue weighted by Crippen LogP contribution is 2.37. The Morgan fingerprint density at radius 1 is 1.30 bits per heavy atom. The van der Waals surface area contributed by atoms with Crippen molar-refractivity contribution in [2.75, 3.05) is 16.8 Å². The average molecular weight is 354 g/mol. The molecule has 1 aliphatic rings. The topological polar surface area (TPSA) is 29.0 Å². The Balaban J connectivity index is 2.10. The molecule has 20 heavy (non-hydrogen) atoms. The first-order chi connectivity index (χ1) is 9.72. The maximum absolute atomic E-state index is 4.65. The number of nitrogens with zero attached hydrogens (tertiary/aromatic N) is 3. The second-order valence-corrected chi connectivity index (χ2v) is 7.48. The second-order valence-electron chi connectivity index (χ2n) is 5.48. The first-order valence-corrected chi connectivity index (χ1v) is 9.19. The van der Waals surface area contributed by atoms with Gasteiger partial charge in [-0.1, -0.05) is 28.8 Å². The van der Waals surface area contributed by atoms with Gasteiger partial charge in [0.05, 0.1) is 5.39 Å². The lowest BCUT2D eigenvalue weighted by atomic mass is 10.1. The van der Waals surface area contributed by atoms with Crippen molar-refractivity contribution in [1.29, 1.82) is 0 Å². The number of hydrogen-bond acceptors (Lipinski definition) is 4. The number of hydrogen-bond donors (Lipinski definition) is 0. The molecule has 0 aromatic carbocycles. The number of fused-ring (bicyclic) bond motifs is 1. The van der Waals surface area contributed by atoms with Crippen molar-refractivity contribution in [1.82, 2.24) is 9.97 Å². The Hall–Kier alpha value is -0.680. The first kappa shape index (κ1) is 14.3. The van der Waals surface area contributed by atoms with Crippen molar-refractivity contribution in [3.8, 4) is 0 Å². The molecule has 2 heterocycles. The molecule has 0 N–H and O–H groups in total. The summed E-state index contributed by atoms with van der Waals surface area (Å²) >= 11 is 5.38. The van der Waals surface area contributed by atoms with Crippen LogP contribution < -0.4 is 4.90 Å². The second kappa shape index (κ2) is 5.98. The molecule has 108 valence electrons. The zero-order valence-corrected chi connectivity index (χ0v) is 14.4. The number of halogens is 1. The van der Waals surface area contributed by atoms with Gasteiger partial charge < -0.3 is 4.90 Å². The van der Waals surface area contributed by atoms with Crippen LogP contribution in [0, 0.1) is 13.8 Å². The van der Waals surface area contributed by atoms with Crippen molar-refractivity contribution >= 4 is 43.3 Å². The van der Waals surface area contributed by atoms with Crippen LogP contribution in [0.3, 0.4) is 0 Å². The summed E-state index contributed by atoms with van der Waals surface area (Å²) in [5, 5.41) is 2.25. The normalized spacial score (nSPS) is 16.1. The highest BCUT2D eigenvalue weighted by molar-refractivity contribution is 9.09. The third kappa shape index (κ3) is 2.46. The maximum atomic E-state index is 4.65. The quantitative estimate of drug-likeness (QED) is 0.760. The molecule has 0 spiro atoms. The molecule has 0 aliphatic heterocycles. The fourth-order valence-electron chi connectivity index (χ4n) is 3.15. The van der Waals surface area contributed by atoms with Crippen molar-refractivity contribution < 1.29 is 0 Å². The van der Waals surface area contributed by atoms with E-state index in [-0.39, 0.29) is 0 Å². The van der Waals surface area contributed by atoms with E-state index in [1.54, 1.807) is 17.7 Å². The fraction of sp³-hybridized carbons (Fsp3) is 0.600. The van der Waals surface area contributed by atoms with Gasteiger partial charge in [0.2, 0.25) is 0 Å². The van der Waals surface area contributed by atoms with Gasteiger partial charge >= 0.3 is 0 Å². The van der Waals surface area contributed by atoms with E-state index >= 15 is 0 Å². The molecule has 0 unspecified atom stereocenters. The van der Waals surface area contributed by atoms with E-state index in [9.17, 15) is 0 Å². The summed E-state index contributed by atoms with van der Waals surface area (Å²) in [6.45, 7) is 5.39. The minimum atomic E-state index is 0.644. The van der Waals surface area contributed by atoms with Crippen molar-refractivity contribution in [2.45, 2.75) is 45.6 Å². The Labute approximate surface area is 132 Å². The van der Waals surface area contributed by atoms with Gasteiger partial charge in [-0.3, -0.25) is 0 Å². The molecule has 5 heteroatoms. The third-order valence-electron chi connectivity index (χ3n) is 4.31. The van der Waals surface area contributed by atoms with Crippen molar-refractivity contribution in [3.05, 3.63) is 16.8 Å². The molecular weight excluding hydrogens is 334 g/mol. The molecular formula is C15H20BrN3S. The zero-order valence-electron chi connectivity index (χ0n) is 12.0. The Bertz CT molecular complexity index is 604. The molecule has 3 rings (SSSR count). The first-order valence-electron chi connectivity index (χ1n) is 7.25. The lowest BCUT2D eigenvalue weighted by Crippen LogP contribution is -2.35. The molecule has 0 bridgehead atoms. The van der Waals surface area contributed by atoms with E-state index in [4.69, 9.17) is 0 Å². The standard InChI is InChI=1S/C15H20BrN3S/c1-10-11(2)20-15-13(10)14(17-9-18-15)19(8-7-16)12-5-3-4-6-12/h9,12H,3-8H2,1-2H3. The lowest BCUT2D eigenvalue weighted by molar-refractivity contribution is 0.617. The van der Waals surface area contributed by atoms with Crippen LogP contribution in [0.15, 0.2) is 6.33 Å². The highest BCUT2D eigenvalue weighted by Gasteiger charge is 2.26. The Kier molecular flexibility index (Phi) is 4.26. The zero-order chi connectivity index (χ0) is 14.1. The molecule has 2 aromatic heterocycles. The van der Waals surface area contributed by atoms with Gasteiger partial charge in [0.1, 0.15) is 17.0 Å². The predicted octanol–water partition coefficient (Wildman–Crippen LogP) is 4.45. The average Bonchev–Trinajstić information content (AvgIpc) is 3.06. The molecule has 0 radical (unpaired) electrons. The maximum Gasteiger partial charge on any atom is 0.141 e. The predicted molar refractivity (Wildman–Crippen MR) is 90.3 cm³/mol. The van der Waals surface area contributed by atoms with Gasteiger partial charge in [-0.05, 0) is 32.3 Å². The number of alkyl halides is 1. The molecule has 0 atom stereocenters. The molecule has 1 fully saturated rings. The van der Waals surface area contributed by atoms with E-state index in [2.05, 4.69) is 44.6 Å². The van der Waals surface area contributed by atoms with Crippen LogP contribution in [0.25, 0.3) is 10.2 Å². The van der Waals surface area contributed by atoms with E-state index in [0.29, 0.717) is 6.04 Å². The number of rotatable bonds is 4. The van der Waals surface area contributed by atoms with Crippen molar-refractivity contribution in [2.24, 2.45) is 0 Å². The van der Waals surface area contributed by atoms with E-state index in [1.807, 2.05) is 0 Å². The van der Waals surface area contributed by atoms with Gasteiger partial charge in [-0.2, -0.15) is 0 Å². The minimum absolute atomic E-state index is 0.644. The van der Waals surface area contributed by atoms with Crippen molar-refractivity contribution in [3.63, 3.8) is 0 Å². The van der Waals surface area contributed by atoms with Crippen LogP contribution in [0.5, 0.6) is 0 Å². The van der Waals surface area contributed by atoms with Crippen LogP contribution in [0.2, 0.25) is 0 Å². The molecule has 1 aliphatic carbocycles. The van der Waals surface area contributed by atoms with E-state index < -0.39 is 0 Å². The lowest BCUT2D eigenvalue weighted by Gasteiger charge is -2.30. The molecule has 2 aromatic rings. The molecule has 1 saturated carbocycles.